The van der Waals surface area contributed by atoms with E-state index in [9.17, 15) is 9.59 Å². The highest BCUT2D eigenvalue weighted by Crippen LogP contribution is 2.28. The van der Waals surface area contributed by atoms with E-state index in [1.165, 1.54) is 5.56 Å². The molecule has 0 spiro atoms. The molecule has 0 saturated carbocycles. The van der Waals surface area contributed by atoms with E-state index in [1.54, 1.807) is 0 Å². The van der Waals surface area contributed by atoms with Crippen LogP contribution in [0.2, 0.25) is 0 Å². The molecule has 1 aromatic carbocycles. The van der Waals surface area contributed by atoms with Crippen molar-refractivity contribution in [1.82, 2.24) is 5.43 Å². The average molecular weight is 363 g/mol. The monoisotopic (exact) mass is 362 g/mol. The number of carbonyl (C=O) groups is 2. The van der Waals surface area contributed by atoms with E-state index in [2.05, 4.69) is 17.6 Å². The zero-order chi connectivity index (χ0) is 19.7. The van der Waals surface area contributed by atoms with Crippen LogP contribution in [0.1, 0.15) is 59.4 Å². The van der Waals surface area contributed by atoms with Crippen molar-refractivity contribution >= 4 is 11.9 Å². The topological polar surface area (TPSA) is 81.4 Å². The van der Waals surface area contributed by atoms with E-state index >= 15 is 0 Å². The number of aryl methyl sites for hydroxylation is 1. The second-order valence-electron chi connectivity index (χ2n) is 8.26. The largest absolute Gasteiger partial charge is 0.460 e. The molecule has 0 aromatic heterocycles. The molecular weight excluding hydrogens is 328 g/mol. The molecule has 0 saturated heterocycles. The summed E-state index contributed by atoms with van der Waals surface area (Å²) in [6, 6.07) is 10.1. The van der Waals surface area contributed by atoms with Gasteiger partial charge in [-0.3, -0.25) is 15.0 Å². The molecule has 1 rings (SSSR count). The molecule has 26 heavy (non-hydrogen) atoms. The van der Waals surface area contributed by atoms with Gasteiger partial charge in [-0.15, -0.1) is 0 Å². The van der Waals surface area contributed by atoms with E-state index in [-0.39, 0.29) is 17.8 Å². The SMILES string of the molecule is CC(C)C[C@@H](C(=O)NN)[C@H](CCCc1ccccc1)C(=O)OC(C)(C)C. The number of ether oxygens (including phenoxy) is 1. The molecule has 0 aliphatic rings. The van der Waals surface area contributed by atoms with Gasteiger partial charge in [-0.05, 0) is 57.9 Å². The number of hydrogen-bond donors (Lipinski definition) is 2. The standard InChI is InChI=1S/C21H34N2O3/c1-15(2)14-18(19(24)23-22)17(20(25)26-21(3,4)5)13-9-12-16-10-7-6-8-11-16/h6-8,10-11,15,17-18H,9,12-14,22H2,1-5H3,(H,23,24)/t17-,18+/m0/s1. The van der Waals surface area contributed by atoms with Crippen LogP contribution in [-0.2, 0) is 20.7 Å². The second-order valence-corrected chi connectivity index (χ2v) is 8.26. The Hall–Kier alpha value is -1.88. The molecule has 1 amide bonds. The molecule has 0 fully saturated rings. The fourth-order valence-electron chi connectivity index (χ4n) is 3.10. The van der Waals surface area contributed by atoms with Crippen LogP contribution in [0, 0.1) is 17.8 Å². The number of esters is 1. The number of nitrogens with two attached hydrogens (primary N) is 1. The lowest BCUT2D eigenvalue weighted by Crippen LogP contribution is -2.43. The number of rotatable bonds is 9. The zero-order valence-corrected chi connectivity index (χ0v) is 16.7. The molecule has 146 valence electrons. The first-order chi connectivity index (χ1) is 12.1. The Labute approximate surface area is 157 Å². The first-order valence-electron chi connectivity index (χ1n) is 9.41. The van der Waals surface area contributed by atoms with Crippen LogP contribution >= 0.6 is 0 Å². The molecule has 3 N–H and O–H groups in total. The summed E-state index contributed by atoms with van der Waals surface area (Å²) in [5.41, 5.74) is 2.86. The van der Waals surface area contributed by atoms with Gasteiger partial charge in [0.2, 0.25) is 5.91 Å². The normalized spacial score (nSPS) is 14.0. The maximum absolute atomic E-state index is 12.8. The number of amides is 1. The van der Waals surface area contributed by atoms with Crippen LogP contribution in [0.5, 0.6) is 0 Å². The molecule has 1 aromatic rings. The molecule has 0 unspecified atom stereocenters. The molecule has 0 radical (unpaired) electrons. The fourth-order valence-corrected chi connectivity index (χ4v) is 3.10. The summed E-state index contributed by atoms with van der Waals surface area (Å²) in [7, 11) is 0. The number of nitrogens with one attached hydrogen (secondary N) is 1. The lowest BCUT2D eigenvalue weighted by atomic mass is 9.81. The highest BCUT2D eigenvalue weighted by Gasteiger charge is 2.36. The van der Waals surface area contributed by atoms with Crippen molar-refractivity contribution in [2.75, 3.05) is 0 Å². The Morgan fingerprint density at radius 2 is 1.73 bits per heavy atom. The predicted octanol–water partition coefficient (Wildman–Crippen LogP) is 3.62. The first-order valence-corrected chi connectivity index (χ1v) is 9.41. The Morgan fingerprint density at radius 1 is 1.12 bits per heavy atom. The van der Waals surface area contributed by atoms with E-state index in [1.807, 2.05) is 52.8 Å². The number of carbonyl (C=O) groups excluding carboxylic acids is 2. The first kappa shape index (κ1) is 22.2. The van der Waals surface area contributed by atoms with E-state index in [0.717, 1.165) is 12.8 Å². The van der Waals surface area contributed by atoms with Gasteiger partial charge in [0.25, 0.3) is 0 Å². The van der Waals surface area contributed by atoms with Crippen LogP contribution in [0.3, 0.4) is 0 Å². The van der Waals surface area contributed by atoms with Crippen molar-refractivity contribution in [2.45, 2.75) is 65.9 Å². The summed E-state index contributed by atoms with van der Waals surface area (Å²) in [6.45, 7) is 9.59. The fraction of sp³-hybridized carbons (Fsp3) is 0.619. The van der Waals surface area contributed by atoms with Crippen LogP contribution in [0.4, 0.5) is 0 Å². The van der Waals surface area contributed by atoms with E-state index < -0.39 is 17.4 Å². The summed E-state index contributed by atoms with van der Waals surface area (Å²) in [5, 5.41) is 0. The van der Waals surface area contributed by atoms with Gasteiger partial charge in [-0.25, -0.2) is 5.84 Å². The van der Waals surface area contributed by atoms with Gasteiger partial charge in [-0.2, -0.15) is 0 Å². The van der Waals surface area contributed by atoms with Gasteiger partial charge in [0, 0.05) is 0 Å². The number of benzene rings is 1. The summed E-state index contributed by atoms with van der Waals surface area (Å²) in [5.74, 6) is 4.06. The lowest BCUT2D eigenvalue weighted by molar-refractivity contribution is -0.164. The second kappa shape index (κ2) is 10.3. The van der Waals surface area contributed by atoms with Gasteiger partial charge in [0.1, 0.15) is 5.60 Å². The summed E-state index contributed by atoms with van der Waals surface area (Å²) < 4.78 is 5.60. The molecule has 0 heterocycles. The minimum Gasteiger partial charge on any atom is -0.460 e. The molecular formula is C21H34N2O3. The van der Waals surface area contributed by atoms with Crippen molar-refractivity contribution in [3.05, 3.63) is 35.9 Å². The predicted molar refractivity (Wildman–Crippen MR) is 104 cm³/mol. The van der Waals surface area contributed by atoms with Crippen LogP contribution in [-0.4, -0.2) is 17.5 Å². The zero-order valence-electron chi connectivity index (χ0n) is 16.7. The third-order valence-electron chi connectivity index (χ3n) is 4.22. The van der Waals surface area contributed by atoms with Gasteiger partial charge >= 0.3 is 5.97 Å². The Balaban J connectivity index is 2.91. The van der Waals surface area contributed by atoms with Crippen molar-refractivity contribution < 1.29 is 14.3 Å². The molecule has 0 aliphatic carbocycles. The Kier molecular flexibility index (Phi) is 8.79. The summed E-state index contributed by atoms with van der Waals surface area (Å²) >= 11 is 0. The smallest absolute Gasteiger partial charge is 0.310 e. The van der Waals surface area contributed by atoms with Gasteiger partial charge in [0.15, 0.2) is 0 Å². The lowest BCUT2D eigenvalue weighted by Gasteiger charge is -2.29. The molecule has 0 bridgehead atoms. The van der Waals surface area contributed by atoms with E-state index in [0.29, 0.717) is 12.8 Å². The Bertz CT molecular complexity index is 564. The molecule has 5 nitrogen and oxygen atoms in total. The van der Waals surface area contributed by atoms with Crippen molar-refractivity contribution in [3.63, 3.8) is 0 Å². The van der Waals surface area contributed by atoms with E-state index in [4.69, 9.17) is 10.6 Å². The van der Waals surface area contributed by atoms with Crippen molar-refractivity contribution in [2.24, 2.45) is 23.6 Å². The molecule has 0 aliphatic heterocycles. The number of hydrazine groups is 1. The van der Waals surface area contributed by atoms with Crippen LogP contribution in [0.25, 0.3) is 0 Å². The van der Waals surface area contributed by atoms with Crippen LogP contribution in [0.15, 0.2) is 30.3 Å². The third-order valence-corrected chi connectivity index (χ3v) is 4.22. The summed E-state index contributed by atoms with van der Waals surface area (Å²) in [4.78, 5) is 25.1. The molecule has 5 heteroatoms. The third kappa shape index (κ3) is 8.00. The number of hydrogen-bond acceptors (Lipinski definition) is 4. The highest BCUT2D eigenvalue weighted by molar-refractivity contribution is 5.85. The maximum Gasteiger partial charge on any atom is 0.310 e. The van der Waals surface area contributed by atoms with Gasteiger partial charge in [-0.1, -0.05) is 44.2 Å². The maximum atomic E-state index is 12.8. The minimum absolute atomic E-state index is 0.274. The van der Waals surface area contributed by atoms with Gasteiger partial charge in [0.05, 0.1) is 11.8 Å². The summed E-state index contributed by atoms with van der Waals surface area (Å²) in [6.07, 6.45) is 2.85. The Morgan fingerprint density at radius 3 is 2.23 bits per heavy atom. The molecule has 2 atom stereocenters. The quantitative estimate of drug-likeness (QED) is 0.304. The average Bonchev–Trinajstić information content (AvgIpc) is 2.55. The van der Waals surface area contributed by atoms with Crippen molar-refractivity contribution in [1.29, 1.82) is 0 Å². The highest BCUT2D eigenvalue weighted by atomic mass is 16.6. The van der Waals surface area contributed by atoms with Gasteiger partial charge < -0.3 is 4.74 Å². The van der Waals surface area contributed by atoms with Crippen molar-refractivity contribution in [3.8, 4) is 0 Å². The minimum atomic E-state index is -0.587. The van der Waals surface area contributed by atoms with Crippen LogP contribution < -0.4 is 11.3 Å².